The Labute approximate surface area is 123 Å². The maximum atomic E-state index is 11.9. The van der Waals surface area contributed by atoms with Crippen molar-refractivity contribution in [3.63, 3.8) is 0 Å². The van der Waals surface area contributed by atoms with Crippen molar-refractivity contribution in [1.29, 1.82) is 0 Å². The summed E-state index contributed by atoms with van der Waals surface area (Å²) in [5, 5.41) is 6.47. The molecule has 2 N–H and O–H groups in total. The van der Waals surface area contributed by atoms with Crippen molar-refractivity contribution in [2.75, 3.05) is 20.1 Å². The molecule has 2 unspecified atom stereocenters. The van der Waals surface area contributed by atoms with Crippen LogP contribution in [0.5, 0.6) is 0 Å². The van der Waals surface area contributed by atoms with Crippen molar-refractivity contribution in [2.24, 2.45) is 5.92 Å². The second kappa shape index (κ2) is 7.41. The summed E-state index contributed by atoms with van der Waals surface area (Å²) < 4.78 is 0. The molecule has 0 aromatic rings. The number of carbonyl (C=O) groups excluding carboxylic acids is 1. The van der Waals surface area contributed by atoms with Crippen LogP contribution >= 0.6 is 0 Å². The summed E-state index contributed by atoms with van der Waals surface area (Å²) in [4.78, 5) is 14.5. The van der Waals surface area contributed by atoms with Gasteiger partial charge in [0.1, 0.15) is 0 Å². The summed E-state index contributed by atoms with van der Waals surface area (Å²) in [6, 6.07) is 2.06. The molecule has 4 nitrogen and oxygen atoms in total. The van der Waals surface area contributed by atoms with Crippen LogP contribution in [0.3, 0.4) is 0 Å². The smallest absolute Gasteiger partial charge is 0.221 e. The van der Waals surface area contributed by atoms with Crippen LogP contribution in [0.25, 0.3) is 0 Å². The molecule has 2 saturated heterocycles. The first-order valence-electron chi connectivity index (χ1n) is 8.29. The van der Waals surface area contributed by atoms with Gasteiger partial charge in [-0.2, -0.15) is 0 Å². The summed E-state index contributed by atoms with van der Waals surface area (Å²) in [6.45, 7) is 6.00. The van der Waals surface area contributed by atoms with E-state index in [-0.39, 0.29) is 5.91 Å². The molecule has 0 spiro atoms. The fourth-order valence-corrected chi connectivity index (χ4v) is 3.72. The third kappa shape index (κ3) is 4.19. The fraction of sp³-hybridized carbons (Fsp3) is 0.938. The highest BCUT2D eigenvalue weighted by Crippen LogP contribution is 2.33. The lowest BCUT2D eigenvalue weighted by molar-refractivity contribution is -0.122. The Morgan fingerprint density at radius 2 is 1.90 bits per heavy atom. The van der Waals surface area contributed by atoms with E-state index in [1.165, 1.54) is 32.1 Å². The van der Waals surface area contributed by atoms with Crippen LogP contribution in [-0.2, 0) is 4.79 Å². The van der Waals surface area contributed by atoms with E-state index in [2.05, 4.69) is 36.4 Å². The minimum atomic E-state index is 0.215. The van der Waals surface area contributed by atoms with Crippen LogP contribution in [0, 0.1) is 5.92 Å². The number of hydrogen-bond acceptors (Lipinski definition) is 3. The van der Waals surface area contributed by atoms with Gasteiger partial charge in [0, 0.05) is 37.6 Å². The summed E-state index contributed by atoms with van der Waals surface area (Å²) in [5.41, 5.74) is 0. The summed E-state index contributed by atoms with van der Waals surface area (Å²) >= 11 is 0. The van der Waals surface area contributed by atoms with Crippen LogP contribution in [0.4, 0.5) is 0 Å². The number of hydrogen-bond donors (Lipinski definition) is 2. The minimum absolute atomic E-state index is 0.215. The molecule has 1 amide bonds. The largest absolute Gasteiger partial charge is 0.356 e. The van der Waals surface area contributed by atoms with Crippen molar-refractivity contribution in [3.05, 3.63) is 0 Å². The van der Waals surface area contributed by atoms with Crippen molar-refractivity contribution in [2.45, 2.75) is 70.5 Å². The van der Waals surface area contributed by atoms with Gasteiger partial charge in [-0.3, -0.25) is 9.69 Å². The van der Waals surface area contributed by atoms with Gasteiger partial charge in [-0.25, -0.2) is 0 Å². The molecule has 2 heterocycles. The van der Waals surface area contributed by atoms with Crippen LogP contribution in [0.2, 0.25) is 0 Å². The van der Waals surface area contributed by atoms with Gasteiger partial charge < -0.3 is 10.6 Å². The molecule has 0 aliphatic carbocycles. The average molecular weight is 281 g/mol. The number of fused-ring (bicyclic) bond motifs is 2. The highest BCUT2D eigenvalue weighted by molar-refractivity contribution is 5.76. The van der Waals surface area contributed by atoms with E-state index in [1.54, 1.807) is 0 Å². The second-order valence-electron chi connectivity index (χ2n) is 6.88. The van der Waals surface area contributed by atoms with E-state index in [1.807, 2.05) is 0 Å². The third-order valence-electron chi connectivity index (χ3n) is 4.84. The molecule has 2 bridgehead atoms. The van der Waals surface area contributed by atoms with Crippen LogP contribution in [0.15, 0.2) is 0 Å². The lowest BCUT2D eigenvalue weighted by Gasteiger charge is -2.49. The molecule has 4 heteroatoms. The Morgan fingerprint density at radius 1 is 1.25 bits per heavy atom. The van der Waals surface area contributed by atoms with Crippen molar-refractivity contribution < 1.29 is 4.79 Å². The van der Waals surface area contributed by atoms with Gasteiger partial charge in [0.25, 0.3) is 0 Å². The van der Waals surface area contributed by atoms with Crippen LogP contribution in [0.1, 0.15) is 52.4 Å². The molecule has 0 aromatic heterocycles. The Balaban J connectivity index is 1.79. The summed E-state index contributed by atoms with van der Waals surface area (Å²) in [6.07, 6.45) is 7.14. The zero-order valence-electron chi connectivity index (χ0n) is 13.3. The zero-order valence-corrected chi connectivity index (χ0v) is 13.3. The molecular formula is C16H31N3O. The first-order valence-corrected chi connectivity index (χ1v) is 8.29. The highest BCUT2D eigenvalue weighted by Gasteiger charge is 2.37. The van der Waals surface area contributed by atoms with E-state index in [4.69, 9.17) is 0 Å². The summed E-state index contributed by atoms with van der Waals surface area (Å²) in [7, 11) is 2.08. The third-order valence-corrected chi connectivity index (χ3v) is 4.84. The van der Waals surface area contributed by atoms with Gasteiger partial charge in [0.2, 0.25) is 5.91 Å². The van der Waals surface area contributed by atoms with E-state index < -0.39 is 0 Å². The lowest BCUT2D eigenvalue weighted by atomic mass is 9.81. The van der Waals surface area contributed by atoms with E-state index in [0.29, 0.717) is 30.5 Å². The molecule has 2 aliphatic rings. The molecule has 2 atom stereocenters. The summed E-state index contributed by atoms with van der Waals surface area (Å²) in [5.74, 6) is 0.747. The van der Waals surface area contributed by atoms with Gasteiger partial charge in [-0.15, -0.1) is 0 Å². The molecule has 2 rings (SSSR count). The second-order valence-corrected chi connectivity index (χ2v) is 6.88. The molecule has 0 saturated carbocycles. The van der Waals surface area contributed by atoms with Gasteiger partial charge in [0.15, 0.2) is 0 Å². The SMILES string of the molecule is CNC1CC2CCCC(C1)N2CCC(=O)NCC(C)C. The molecule has 20 heavy (non-hydrogen) atoms. The van der Waals surface area contributed by atoms with Crippen molar-refractivity contribution in [1.82, 2.24) is 15.5 Å². The Kier molecular flexibility index (Phi) is 5.85. The zero-order chi connectivity index (χ0) is 14.5. The number of nitrogens with zero attached hydrogens (tertiary/aromatic N) is 1. The van der Waals surface area contributed by atoms with Crippen LogP contribution in [-0.4, -0.2) is 49.1 Å². The molecular weight excluding hydrogens is 250 g/mol. The average Bonchev–Trinajstić information content (AvgIpc) is 2.41. The standard InChI is InChI=1S/C16H31N3O/c1-12(2)11-18-16(20)7-8-19-14-5-4-6-15(19)10-13(9-14)17-3/h12-15,17H,4-11H2,1-3H3,(H,18,20). The molecule has 0 aromatic carbocycles. The van der Waals surface area contributed by atoms with Crippen molar-refractivity contribution >= 4 is 5.91 Å². The first kappa shape index (κ1) is 15.8. The maximum Gasteiger partial charge on any atom is 0.221 e. The van der Waals surface area contributed by atoms with E-state index in [0.717, 1.165) is 13.1 Å². The number of carbonyl (C=O) groups is 1. The topological polar surface area (TPSA) is 44.4 Å². The van der Waals surface area contributed by atoms with Gasteiger partial charge in [-0.05, 0) is 38.6 Å². The number of amides is 1. The molecule has 0 radical (unpaired) electrons. The van der Waals surface area contributed by atoms with Crippen LogP contribution < -0.4 is 10.6 Å². The predicted molar refractivity (Wildman–Crippen MR) is 82.7 cm³/mol. The molecule has 2 fully saturated rings. The monoisotopic (exact) mass is 281 g/mol. The predicted octanol–water partition coefficient (Wildman–Crippen LogP) is 1.75. The van der Waals surface area contributed by atoms with Gasteiger partial charge in [0.05, 0.1) is 0 Å². The van der Waals surface area contributed by atoms with Crippen molar-refractivity contribution in [3.8, 4) is 0 Å². The first-order chi connectivity index (χ1) is 9.60. The maximum absolute atomic E-state index is 11.9. The van der Waals surface area contributed by atoms with E-state index in [9.17, 15) is 4.79 Å². The quantitative estimate of drug-likeness (QED) is 0.779. The Morgan fingerprint density at radius 3 is 2.45 bits per heavy atom. The van der Waals surface area contributed by atoms with E-state index >= 15 is 0 Å². The Bertz CT molecular complexity index is 305. The lowest BCUT2D eigenvalue weighted by Crippen LogP contribution is -2.56. The Hall–Kier alpha value is -0.610. The highest BCUT2D eigenvalue weighted by atomic mass is 16.1. The number of nitrogens with one attached hydrogen (secondary N) is 2. The molecule has 2 aliphatic heterocycles. The minimum Gasteiger partial charge on any atom is -0.356 e. The molecule has 116 valence electrons. The van der Waals surface area contributed by atoms with Gasteiger partial charge >= 0.3 is 0 Å². The van der Waals surface area contributed by atoms with Gasteiger partial charge in [-0.1, -0.05) is 20.3 Å². The fourth-order valence-electron chi connectivity index (χ4n) is 3.72. The number of rotatable bonds is 6. The number of piperidine rings is 2. The normalized spacial score (nSPS) is 30.5.